The minimum atomic E-state index is 0.558. The van der Waals surface area contributed by atoms with Crippen LogP contribution in [0.1, 0.15) is 59.8 Å². The molecule has 1 heteroatoms. The summed E-state index contributed by atoms with van der Waals surface area (Å²) >= 11 is 0. The summed E-state index contributed by atoms with van der Waals surface area (Å²) in [7, 11) is 0. The molecule has 5 atom stereocenters. The van der Waals surface area contributed by atoms with E-state index in [0.717, 1.165) is 23.7 Å². The molecule has 2 fully saturated rings. The van der Waals surface area contributed by atoms with Gasteiger partial charge >= 0.3 is 0 Å². The Morgan fingerprint density at radius 3 is 2.62 bits per heavy atom. The Morgan fingerprint density at radius 2 is 1.94 bits per heavy atom. The molecule has 2 rings (SSSR count). The van der Waals surface area contributed by atoms with E-state index in [-0.39, 0.29) is 0 Å². The maximum absolute atomic E-state index is 6.30. The molecule has 0 aromatic rings. The average molecular weight is 224 g/mol. The molecular formula is C15H28O. The minimum absolute atomic E-state index is 0.558. The smallest absolute Gasteiger partial charge is 0.0613 e. The number of ether oxygens (including phenoxy) is 1. The normalized spacial score (nSPS) is 43.7. The Kier molecular flexibility index (Phi) is 3.94. The Labute approximate surface area is 101 Å². The Balaban J connectivity index is 1.88. The number of fused-ring (bicyclic) bond motifs is 1. The van der Waals surface area contributed by atoms with Crippen LogP contribution >= 0.6 is 0 Å². The molecule has 0 amide bonds. The van der Waals surface area contributed by atoms with Crippen LogP contribution in [0.3, 0.4) is 0 Å². The van der Waals surface area contributed by atoms with E-state index in [2.05, 4.69) is 27.7 Å². The third kappa shape index (κ3) is 2.61. The molecule has 1 saturated carbocycles. The molecular weight excluding hydrogens is 196 g/mol. The molecule has 5 unspecified atom stereocenters. The van der Waals surface area contributed by atoms with E-state index in [1.807, 2.05) is 0 Å². The first-order valence-corrected chi connectivity index (χ1v) is 7.23. The van der Waals surface area contributed by atoms with Crippen molar-refractivity contribution in [1.82, 2.24) is 0 Å². The topological polar surface area (TPSA) is 9.23 Å². The minimum Gasteiger partial charge on any atom is -0.374 e. The zero-order valence-corrected chi connectivity index (χ0v) is 11.4. The number of hydrogen-bond donors (Lipinski definition) is 0. The van der Waals surface area contributed by atoms with Crippen molar-refractivity contribution in [2.45, 2.75) is 72.0 Å². The summed E-state index contributed by atoms with van der Waals surface area (Å²) in [5.74, 6) is 3.37. The molecule has 1 aliphatic heterocycles. The lowest BCUT2D eigenvalue weighted by Crippen LogP contribution is -2.27. The standard InChI is InChI=1S/C15H28O/c1-10(2)5-8-14-12(4)13-7-6-11(3)9-15(13)16-14/h10-15H,5-9H2,1-4H3. The summed E-state index contributed by atoms with van der Waals surface area (Å²) in [6.07, 6.45) is 7.90. The van der Waals surface area contributed by atoms with Crippen molar-refractivity contribution in [1.29, 1.82) is 0 Å². The van der Waals surface area contributed by atoms with Gasteiger partial charge in [-0.25, -0.2) is 0 Å². The average Bonchev–Trinajstić information content (AvgIpc) is 2.52. The number of hydrogen-bond acceptors (Lipinski definition) is 1. The summed E-state index contributed by atoms with van der Waals surface area (Å²) in [5, 5.41) is 0. The summed E-state index contributed by atoms with van der Waals surface area (Å²) in [6, 6.07) is 0. The van der Waals surface area contributed by atoms with Crippen LogP contribution in [0.2, 0.25) is 0 Å². The van der Waals surface area contributed by atoms with Gasteiger partial charge in [0.1, 0.15) is 0 Å². The fourth-order valence-electron chi connectivity index (χ4n) is 3.56. The van der Waals surface area contributed by atoms with Crippen molar-refractivity contribution < 1.29 is 4.74 Å². The van der Waals surface area contributed by atoms with E-state index in [1.54, 1.807) is 0 Å². The lowest BCUT2D eigenvalue weighted by Gasteiger charge is -2.29. The van der Waals surface area contributed by atoms with Crippen LogP contribution in [0, 0.1) is 23.7 Å². The van der Waals surface area contributed by atoms with Gasteiger partial charge in [-0.2, -0.15) is 0 Å². The van der Waals surface area contributed by atoms with Gasteiger partial charge in [-0.3, -0.25) is 0 Å². The van der Waals surface area contributed by atoms with Gasteiger partial charge in [-0.05, 0) is 49.4 Å². The Morgan fingerprint density at radius 1 is 1.19 bits per heavy atom. The maximum atomic E-state index is 6.30. The van der Waals surface area contributed by atoms with Gasteiger partial charge in [0.2, 0.25) is 0 Å². The van der Waals surface area contributed by atoms with Crippen molar-refractivity contribution in [3.63, 3.8) is 0 Å². The summed E-state index contributed by atoms with van der Waals surface area (Å²) in [6.45, 7) is 9.43. The first-order valence-electron chi connectivity index (χ1n) is 7.23. The quantitative estimate of drug-likeness (QED) is 0.696. The maximum Gasteiger partial charge on any atom is 0.0613 e. The predicted molar refractivity (Wildman–Crippen MR) is 68.4 cm³/mol. The van der Waals surface area contributed by atoms with Crippen LogP contribution in [-0.4, -0.2) is 12.2 Å². The molecule has 1 saturated heterocycles. The van der Waals surface area contributed by atoms with Gasteiger partial charge in [0, 0.05) is 0 Å². The third-order valence-corrected chi connectivity index (χ3v) is 4.74. The summed E-state index contributed by atoms with van der Waals surface area (Å²) in [5.41, 5.74) is 0. The highest BCUT2D eigenvalue weighted by Crippen LogP contribution is 2.44. The van der Waals surface area contributed by atoms with E-state index in [9.17, 15) is 0 Å². The van der Waals surface area contributed by atoms with Gasteiger partial charge in [0.15, 0.2) is 0 Å². The van der Waals surface area contributed by atoms with Crippen LogP contribution < -0.4 is 0 Å². The zero-order valence-electron chi connectivity index (χ0n) is 11.4. The highest BCUT2D eigenvalue weighted by atomic mass is 16.5. The summed E-state index contributed by atoms with van der Waals surface area (Å²) in [4.78, 5) is 0. The zero-order chi connectivity index (χ0) is 11.7. The van der Waals surface area contributed by atoms with Crippen molar-refractivity contribution in [3.05, 3.63) is 0 Å². The fraction of sp³-hybridized carbons (Fsp3) is 1.00. The second-order valence-corrected chi connectivity index (χ2v) is 6.63. The second-order valence-electron chi connectivity index (χ2n) is 6.63. The Bertz CT molecular complexity index is 223. The molecule has 0 radical (unpaired) electrons. The molecule has 1 heterocycles. The van der Waals surface area contributed by atoms with Gasteiger partial charge in [-0.15, -0.1) is 0 Å². The van der Waals surface area contributed by atoms with Crippen molar-refractivity contribution in [2.75, 3.05) is 0 Å². The van der Waals surface area contributed by atoms with Gasteiger partial charge < -0.3 is 4.74 Å². The SMILES string of the molecule is CC(C)CCC1OC2CC(C)CCC2C1C. The van der Waals surface area contributed by atoms with E-state index in [0.29, 0.717) is 12.2 Å². The van der Waals surface area contributed by atoms with Crippen LogP contribution in [-0.2, 0) is 4.74 Å². The first-order chi connectivity index (χ1) is 7.58. The fourth-order valence-corrected chi connectivity index (χ4v) is 3.56. The molecule has 0 N–H and O–H groups in total. The molecule has 0 aromatic heterocycles. The van der Waals surface area contributed by atoms with Crippen molar-refractivity contribution in [2.24, 2.45) is 23.7 Å². The van der Waals surface area contributed by atoms with Gasteiger partial charge in [-0.1, -0.05) is 34.1 Å². The largest absolute Gasteiger partial charge is 0.374 e. The van der Waals surface area contributed by atoms with Crippen LogP contribution in [0.5, 0.6) is 0 Å². The van der Waals surface area contributed by atoms with E-state index >= 15 is 0 Å². The van der Waals surface area contributed by atoms with E-state index < -0.39 is 0 Å². The predicted octanol–water partition coefficient (Wildman–Crippen LogP) is 4.26. The molecule has 16 heavy (non-hydrogen) atoms. The van der Waals surface area contributed by atoms with E-state index in [4.69, 9.17) is 4.74 Å². The molecule has 1 aliphatic carbocycles. The second kappa shape index (κ2) is 5.08. The highest BCUT2D eigenvalue weighted by Gasteiger charge is 2.43. The highest BCUT2D eigenvalue weighted by molar-refractivity contribution is 4.91. The molecule has 2 aliphatic rings. The first kappa shape index (κ1) is 12.4. The Hall–Kier alpha value is -0.0400. The molecule has 0 aromatic carbocycles. The summed E-state index contributed by atoms with van der Waals surface area (Å²) < 4.78 is 6.30. The van der Waals surface area contributed by atoms with Gasteiger partial charge in [0.05, 0.1) is 12.2 Å². The lowest BCUT2D eigenvalue weighted by atomic mass is 9.75. The molecule has 1 nitrogen and oxygen atoms in total. The molecule has 0 spiro atoms. The van der Waals surface area contributed by atoms with Crippen LogP contribution in [0.25, 0.3) is 0 Å². The monoisotopic (exact) mass is 224 g/mol. The van der Waals surface area contributed by atoms with Crippen molar-refractivity contribution >= 4 is 0 Å². The molecule has 94 valence electrons. The van der Waals surface area contributed by atoms with E-state index in [1.165, 1.54) is 32.1 Å². The number of rotatable bonds is 3. The van der Waals surface area contributed by atoms with Crippen LogP contribution in [0.15, 0.2) is 0 Å². The lowest BCUT2D eigenvalue weighted by molar-refractivity contribution is 0.000813. The third-order valence-electron chi connectivity index (χ3n) is 4.74. The van der Waals surface area contributed by atoms with Crippen molar-refractivity contribution in [3.8, 4) is 0 Å². The molecule has 0 bridgehead atoms. The van der Waals surface area contributed by atoms with Gasteiger partial charge in [0.25, 0.3) is 0 Å². The van der Waals surface area contributed by atoms with Crippen LogP contribution in [0.4, 0.5) is 0 Å².